The minimum atomic E-state index is -0.310. The molecule has 1 fully saturated rings. The molecule has 1 saturated carbocycles. The molecule has 0 radical (unpaired) electrons. The molecule has 0 aliphatic heterocycles. The molecule has 1 aromatic rings. The van der Waals surface area contributed by atoms with Crippen molar-refractivity contribution < 1.29 is 9.53 Å². The molecular weight excluding hydrogens is 336 g/mol. The molecule has 1 aliphatic rings. The van der Waals surface area contributed by atoms with Crippen LogP contribution in [-0.4, -0.2) is 49.6 Å². The molecular formula is C20H29ClN2O2. The van der Waals surface area contributed by atoms with E-state index in [9.17, 15) is 4.79 Å². The lowest BCUT2D eigenvalue weighted by atomic mass is 9.81. The molecule has 0 saturated heterocycles. The van der Waals surface area contributed by atoms with Crippen LogP contribution in [0, 0.1) is 11.8 Å². The molecule has 0 atom stereocenters. The number of carbonyl (C=O) groups excluding carboxylic acids is 1. The number of rotatable bonds is 7. The van der Waals surface area contributed by atoms with Gasteiger partial charge in [0.2, 0.25) is 0 Å². The standard InChI is InChI=1S/C20H29ClN2O2/c1-4-13-22(2)14-16-5-7-17(8-6-16)15-23(3)20(24)25-19-11-9-18(21)10-12-19/h4,9-12,16-17H,1,5-8,13-15H2,2-3H3/t16-,17-. The van der Waals surface area contributed by atoms with Crippen molar-refractivity contribution in [1.29, 1.82) is 0 Å². The van der Waals surface area contributed by atoms with Crippen LogP contribution in [0.15, 0.2) is 36.9 Å². The summed E-state index contributed by atoms with van der Waals surface area (Å²) in [5.41, 5.74) is 0. The van der Waals surface area contributed by atoms with Gasteiger partial charge in [-0.2, -0.15) is 0 Å². The first-order chi connectivity index (χ1) is 12.0. The van der Waals surface area contributed by atoms with Crippen LogP contribution in [0.5, 0.6) is 5.75 Å². The molecule has 138 valence electrons. The molecule has 1 aromatic carbocycles. The predicted molar refractivity (Wildman–Crippen MR) is 103 cm³/mol. The number of benzene rings is 1. The Bertz CT molecular complexity index is 553. The summed E-state index contributed by atoms with van der Waals surface area (Å²) in [6.07, 6.45) is 6.44. The van der Waals surface area contributed by atoms with E-state index >= 15 is 0 Å². The number of carbonyl (C=O) groups is 1. The van der Waals surface area contributed by atoms with E-state index < -0.39 is 0 Å². The second-order valence-corrected chi connectivity index (χ2v) is 7.54. The Kier molecular flexibility index (Phi) is 7.79. The Hall–Kier alpha value is -1.52. The summed E-state index contributed by atoms with van der Waals surface area (Å²) in [5, 5.41) is 0.628. The van der Waals surface area contributed by atoms with E-state index in [1.54, 1.807) is 29.2 Å². The Morgan fingerprint density at radius 2 is 1.72 bits per heavy atom. The number of halogens is 1. The second kappa shape index (κ2) is 9.83. The predicted octanol–water partition coefficient (Wildman–Crippen LogP) is 4.69. The maximum atomic E-state index is 12.2. The lowest BCUT2D eigenvalue weighted by molar-refractivity contribution is 0.141. The zero-order chi connectivity index (χ0) is 18.2. The van der Waals surface area contributed by atoms with Crippen LogP contribution in [0.1, 0.15) is 25.7 Å². The number of hydrogen-bond donors (Lipinski definition) is 0. The van der Waals surface area contributed by atoms with Gasteiger partial charge in [-0.15, -0.1) is 6.58 Å². The fourth-order valence-corrected chi connectivity index (χ4v) is 3.60. The Labute approximate surface area is 156 Å². The van der Waals surface area contributed by atoms with Crippen molar-refractivity contribution in [3.8, 4) is 5.75 Å². The summed E-state index contributed by atoms with van der Waals surface area (Å²) in [4.78, 5) is 16.2. The highest BCUT2D eigenvalue weighted by Gasteiger charge is 2.24. The van der Waals surface area contributed by atoms with Gasteiger partial charge < -0.3 is 14.5 Å². The summed E-state index contributed by atoms with van der Waals surface area (Å²) in [7, 11) is 3.95. The molecule has 0 bridgehead atoms. The highest BCUT2D eigenvalue weighted by atomic mass is 35.5. The van der Waals surface area contributed by atoms with Crippen molar-refractivity contribution in [2.24, 2.45) is 11.8 Å². The van der Waals surface area contributed by atoms with Crippen molar-refractivity contribution in [3.63, 3.8) is 0 Å². The lowest BCUT2D eigenvalue weighted by Gasteiger charge is -2.32. The van der Waals surface area contributed by atoms with Gasteiger partial charge in [-0.1, -0.05) is 17.7 Å². The molecule has 1 aliphatic carbocycles. The molecule has 4 nitrogen and oxygen atoms in total. The van der Waals surface area contributed by atoms with Gasteiger partial charge in [0.05, 0.1) is 0 Å². The minimum absolute atomic E-state index is 0.310. The molecule has 0 unspecified atom stereocenters. The molecule has 0 aromatic heterocycles. The average molecular weight is 365 g/mol. The van der Waals surface area contributed by atoms with Crippen molar-refractivity contribution in [2.75, 3.05) is 33.7 Å². The maximum Gasteiger partial charge on any atom is 0.414 e. The second-order valence-electron chi connectivity index (χ2n) is 7.10. The van der Waals surface area contributed by atoms with Crippen LogP contribution in [0.4, 0.5) is 4.79 Å². The summed E-state index contributed by atoms with van der Waals surface area (Å²) in [5.74, 6) is 1.84. The van der Waals surface area contributed by atoms with Crippen LogP contribution >= 0.6 is 11.6 Å². The van der Waals surface area contributed by atoms with Crippen LogP contribution in [0.2, 0.25) is 5.02 Å². The van der Waals surface area contributed by atoms with Crippen molar-refractivity contribution in [3.05, 3.63) is 41.9 Å². The Balaban J connectivity index is 1.72. The normalized spacial score (nSPS) is 20.3. The summed E-state index contributed by atoms with van der Waals surface area (Å²) in [6, 6.07) is 6.85. The highest BCUT2D eigenvalue weighted by molar-refractivity contribution is 6.30. The number of nitrogens with zero attached hydrogens (tertiary/aromatic N) is 2. The van der Waals surface area contributed by atoms with Gasteiger partial charge in [0.15, 0.2) is 0 Å². The molecule has 1 amide bonds. The molecule has 0 heterocycles. The number of likely N-dealkylation sites (N-methyl/N-ethyl adjacent to an activating group) is 1. The highest BCUT2D eigenvalue weighted by Crippen LogP contribution is 2.29. The molecule has 5 heteroatoms. The third kappa shape index (κ3) is 6.71. The average Bonchev–Trinajstić information content (AvgIpc) is 2.59. The Morgan fingerprint density at radius 3 is 2.28 bits per heavy atom. The number of hydrogen-bond acceptors (Lipinski definition) is 3. The number of amides is 1. The van der Waals surface area contributed by atoms with E-state index in [0.29, 0.717) is 16.7 Å². The molecule has 25 heavy (non-hydrogen) atoms. The first-order valence-electron chi connectivity index (χ1n) is 8.96. The van der Waals surface area contributed by atoms with Gasteiger partial charge >= 0.3 is 6.09 Å². The monoisotopic (exact) mass is 364 g/mol. The number of ether oxygens (including phenoxy) is 1. The van der Waals surface area contributed by atoms with E-state index in [0.717, 1.165) is 25.6 Å². The maximum absolute atomic E-state index is 12.2. The van der Waals surface area contributed by atoms with Crippen molar-refractivity contribution in [2.45, 2.75) is 25.7 Å². The van der Waals surface area contributed by atoms with Crippen LogP contribution in [-0.2, 0) is 0 Å². The third-order valence-electron chi connectivity index (χ3n) is 4.84. The van der Waals surface area contributed by atoms with E-state index in [2.05, 4.69) is 18.5 Å². The Morgan fingerprint density at radius 1 is 1.16 bits per heavy atom. The summed E-state index contributed by atoms with van der Waals surface area (Å²) < 4.78 is 5.39. The summed E-state index contributed by atoms with van der Waals surface area (Å²) in [6.45, 7) is 6.62. The van der Waals surface area contributed by atoms with Gasteiger partial charge in [0.25, 0.3) is 0 Å². The van der Waals surface area contributed by atoms with Gasteiger partial charge in [0.1, 0.15) is 5.75 Å². The van der Waals surface area contributed by atoms with Crippen LogP contribution in [0.25, 0.3) is 0 Å². The zero-order valence-corrected chi connectivity index (χ0v) is 16.0. The fraction of sp³-hybridized carbons (Fsp3) is 0.550. The topological polar surface area (TPSA) is 32.8 Å². The largest absolute Gasteiger partial charge is 0.414 e. The smallest absolute Gasteiger partial charge is 0.410 e. The van der Waals surface area contributed by atoms with E-state index in [1.165, 1.54) is 25.7 Å². The van der Waals surface area contributed by atoms with Crippen molar-refractivity contribution in [1.82, 2.24) is 9.80 Å². The summed E-state index contributed by atoms with van der Waals surface area (Å²) >= 11 is 5.84. The van der Waals surface area contributed by atoms with Gasteiger partial charge in [0, 0.05) is 31.7 Å². The third-order valence-corrected chi connectivity index (χ3v) is 5.09. The molecule has 2 rings (SSSR count). The minimum Gasteiger partial charge on any atom is -0.410 e. The van der Waals surface area contributed by atoms with Gasteiger partial charge in [-0.25, -0.2) is 4.79 Å². The SMILES string of the molecule is C=CCN(C)C[C@H]1CC[C@H](CN(C)C(=O)Oc2ccc(Cl)cc2)CC1. The quantitative estimate of drug-likeness (QED) is 0.658. The van der Waals surface area contributed by atoms with E-state index in [1.807, 2.05) is 13.1 Å². The molecule has 0 spiro atoms. The first kappa shape index (κ1) is 19.8. The van der Waals surface area contributed by atoms with Crippen LogP contribution in [0.3, 0.4) is 0 Å². The zero-order valence-electron chi connectivity index (χ0n) is 15.3. The van der Waals surface area contributed by atoms with Gasteiger partial charge in [-0.05, 0) is 68.8 Å². The fourth-order valence-electron chi connectivity index (χ4n) is 3.48. The van der Waals surface area contributed by atoms with Gasteiger partial charge in [-0.3, -0.25) is 0 Å². The van der Waals surface area contributed by atoms with E-state index in [4.69, 9.17) is 16.3 Å². The van der Waals surface area contributed by atoms with Crippen molar-refractivity contribution >= 4 is 17.7 Å². The molecule has 0 N–H and O–H groups in total. The lowest BCUT2D eigenvalue weighted by Crippen LogP contribution is -2.36. The van der Waals surface area contributed by atoms with E-state index in [-0.39, 0.29) is 6.09 Å². The van der Waals surface area contributed by atoms with Crippen LogP contribution < -0.4 is 4.74 Å². The first-order valence-corrected chi connectivity index (χ1v) is 9.33.